The van der Waals surface area contributed by atoms with Crippen molar-refractivity contribution in [2.75, 3.05) is 12.4 Å². The molecule has 0 spiro atoms. The van der Waals surface area contributed by atoms with E-state index in [2.05, 4.69) is 10.3 Å². The van der Waals surface area contributed by atoms with Gasteiger partial charge >= 0.3 is 0 Å². The molecule has 4 aromatic carbocycles. The van der Waals surface area contributed by atoms with Crippen LogP contribution >= 0.6 is 11.6 Å². The van der Waals surface area contributed by atoms with Gasteiger partial charge in [0.2, 0.25) is 5.91 Å². The van der Waals surface area contributed by atoms with Gasteiger partial charge in [0.1, 0.15) is 11.6 Å². The van der Waals surface area contributed by atoms with Gasteiger partial charge in [-0.15, -0.1) is 0 Å². The smallest absolute Gasteiger partial charge is 0.232 e. The van der Waals surface area contributed by atoms with Crippen molar-refractivity contribution < 1.29 is 13.9 Å². The predicted octanol–water partition coefficient (Wildman–Crippen LogP) is 7.67. The molecule has 4 nitrogen and oxygen atoms in total. The zero-order valence-electron chi connectivity index (χ0n) is 20.1. The van der Waals surface area contributed by atoms with E-state index in [9.17, 15) is 9.18 Å². The molecule has 184 valence electrons. The maximum atomic E-state index is 14.0. The summed E-state index contributed by atoms with van der Waals surface area (Å²) in [6.45, 7) is 0. The van der Waals surface area contributed by atoms with Gasteiger partial charge in [-0.1, -0.05) is 54.1 Å². The average molecular weight is 511 g/mol. The fraction of sp³-hybridized carbons (Fsp3) is 0.0968. The minimum Gasteiger partial charge on any atom is -0.496 e. The molecule has 1 N–H and O–H groups in total. The number of benzene rings is 4. The number of para-hydroxylation sites is 1. The van der Waals surface area contributed by atoms with Crippen molar-refractivity contribution >= 4 is 34.1 Å². The highest BCUT2D eigenvalue weighted by molar-refractivity contribution is 6.30. The molecular weight excluding hydrogens is 487 g/mol. The van der Waals surface area contributed by atoms with Gasteiger partial charge in [-0.05, 0) is 83.3 Å². The Morgan fingerprint density at radius 3 is 2.49 bits per heavy atom. The lowest BCUT2D eigenvalue weighted by Gasteiger charge is -2.19. The molecule has 0 bridgehead atoms. The summed E-state index contributed by atoms with van der Waals surface area (Å²) in [5.74, 6) is -0.201. The number of halogens is 2. The molecule has 1 amide bonds. The minimum atomic E-state index is -0.479. The number of nitrogens with one attached hydrogen (secondary N) is 1. The number of hydrogen-bond donors (Lipinski definition) is 1. The topological polar surface area (TPSA) is 51.2 Å². The quantitative estimate of drug-likeness (QED) is 0.244. The number of pyridine rings is 1. The Kier molecular flexibility index (Phi) is 7.15. The molecule has 5 rings (SSSR count). The lowest BCUT2D eigenvalue weighted by molar-refractivity contribution is -0.117. The summed E-state index contributed by atoms with van der Waals surface area (Å²) < 4.78 is 19.5. The van der Waals surface area contributed by atoms with Crippen molar-refractivity contribution in [2.24, 2.45) is 0 Å². The van der Waals surface area contributed by atoms with E-state index in [1.165, 1.54) is 12.1 Å². The minimum absolute atomic E-state index is 0.141. The molecular formula is C31H24ClFN2O2. The second-order valence-electron chi connectivity index (χ2n) is 8.71. The molecule has 1 aromatic heterocycles. The Morgan fingerprint density at radius 1 is 0.973 bits per heavy atom. The molecule has 0 aliphatic rings. The molecule has 1 unspecified atom stereocenters. The van der Waals surface area contributed by atoms with Crippen LogP contribution in [0.4, 0.5) is 10.1 Å². The summed E-state index contributed by atoms with van der Waals surface area (Å²) >= 11 is 6.01. The molecule has 0 saturated heterocycles. The Labute approximate surface area is 219 Å². The number of carbonyl (C=O) groups excluding carboxylic acids is 1. The molecule has 1 heterocycles. The number of nitrogens with zero attached hydrogens (tertiary/aromatic N) is 1. The number of aromatic nitrogens is 1. The first-order chi connectivity index (χ1) is 18.0. The number of methoxy groups -OCH3 is 1. The first-order valence-corrected chi connectivity index (χ1v) is 12.2. The second-order valence-corrected chi connectivity index (χ2v) is 9.14. The van der Waals surface area contributed by atoms with Crippen LogP contribution in [0.2, 0.25) is 5.02 Å². The van der Waals surface area contributed by atoms with Crippen LogP contribution < -0.4 is 10.1 Å². The van der Waals surface area contributed by atoms with Gasteiger partial charge < -0.3 is 10.1 Å². The predicted molar refractivity (Wildman–Crippen MR) is 147 cm³/mol. The van der Waals surface area contributed by atoms with Crippen LogP contribution in [0.1, 0.15) is 17.0 Å². The number of fused-ring (bicyclic) bond motifs is 1. The number of amides is 1. The molecule has 37 heavy (non-hydrogen) atoms. The Balaban J connectivity index is 1.50. The number of ether oxygens (including phenoxy) is 1. The first kappa shape index (κ1) is 24.5. The Morgan fingerprint density at radius 2 is 1.73 bits per heavy atom. The van der Waals surface area contributed by atoms with E-state index < -0.39 is 5.92 Å². The van der Waals surface area contributed by atoms with Crippen LogP contribution in [0.5, 0.6) is 5.75 Å². The highest BCUT2D eigenvalue weighted by atomic mass is 35.5. The average Bonchev–Trinajstić information content (AvgIpc) is 2.93. The zero-order valence-corrected chi connectivity index (χ0v) is 20.9. The lowest BCUT2D eigenvalue weighted by atomic mass is 9.89. The molecule has 5 aromatic rings. The van der Waals surface area contributed by atoms with Gasteiger partial charge in [0, 0.05) is 22.3 Å². The normalized spacial score (nSPS) is 11.8. The van der Waals surface area contributed by atoms with Crippen molar-refractivity contribution in [1.29, 1.82) is 0 Å². The summed E-state index contributed by atoms with van der Waals surface area (Å²) in [5.41, 5.74) is 4.96. The van der Waals surface area contributed by atoms with Crippen molar-refractivity contribution in [3.05, 3.63) is 125 Å². The van der Waals surface area contributed by atoms with Gasteiger partial charge in [0.15, 0.2) is 0 Å². The second kappa shape index (κ2) is 10.8. The van der Waals surface area contributed by atoms with Crippen LogP contribution in [0.3, 0.4) is 0 Å². The summed E-state index contributed by atoms with van der Waals surface area (Å²) in [6, 6.07) is 29.0. The van der Waals surface area contributed by atoms with E-state index in [-0.39, 0.29) is 11.7 Å². The largest absolute Gasteiger partial charge is 0.496 e. The van der Waals surface area contributed by atoms with Crippen molar-refractivity contribution in [3.63, 3.8) is 0 Å². The third kappa shape index (κ3) is 5.47. The summed E-state index contributed by atoms with van der Waals surface area (Å²) in [5, 5.41) is 4.35. The van der Waals surface area contributed by atoms with Crippen LogP contribution in [0.15, 0.2) is 103 Å². The van der Waals surface area contributed by atoms with Crippen LogP contribution in [0.25, 0.3) is 22.0 Å². The van der Waals surface area contributed by atoms with Crippen LogP contribution in [-0.4, -0.2) is 18.0 Å². The highest BCUT2D eigenvalue weighted by Gasteiger charge is 2.23. The number of rotatable bonds is 7. The SMILES string of the molecule is COc1ccccc1CC(C(=O)Nc1ccc(Cl)cc1)c1ccc(-c2ccnc3ccc(F)cc23)cc1. The monoisotopic (exact) mass is 510 g/mol. The maximum absolute atomic E-state index is 14.0. The van der Waals surface area contributed by atoms with Crippen molar-refractivity contribution in [3.8, 4) is 16.9 Å². The Bertz CT molecular complexity index is 1550. The molecule has 0 radical (unpaired) electrons. The van der Waals surface area contributed by atoms with E-state index in [0.29, 0.717) is 17.1 Å². The van der Waals surface area contributed by atoms with Crippen molar-refractivity contribution in [1.82, 2.24) is 4.98 Å². The highest BCUT2D eigenvalue weighted by Crippen LogP contribution is 2.32. The number of hydrogen-bond acceptors (Lipinski definition) is 3. The third-order valence-corrected chi connectivity index (χ3v) is 6.62. The number of carbonyl (C=O) groups is 1. The van der Waals surface area contributed by atoms with Crippen LogP contribution in [0, 0.1) is 5.82 Å². The van der Waals surface area contributed by atoms with Gasteiger partial charge in [-0.3, -0.25) is 9.78 Å². The van der Waals surface area contributed by atoms with Crippen LogP contribution in [-0.2, 0) is 11.2 Å². The third-order valence-electron chi connectivity index (χ3n) is 6.37. The molecule has 0 fully saturated rings. The molecule has 6 heteroatoms. The van der Waals surface area contributed by atoms with E-state index in [1.54, 1.807) is 43.6 Å². The van der Waals surface area contributed by atoms with E-state index in [4.69, 9.17) is 16.3 Å². The molecule has 0 aliphatic heterocycles. The molecule has 0 aliphatic carbocycles. The molecule has 1 atom stereocenters. The van der Waals surface area contributed by atoms with E-state index >= 15 is 0 Å². The number of anilines is 1. The van der Waals surface area contributed by atoms with Crippen molar-refractivity contribution in [2.45, 2.75) is 12.3 Å². The summed E-state index contributed by atoms with van der Waals surface area (Å²) in [6.07, 6.45) is 2.17. The van der Waals surface area contributed by atoms with E-state index in [0.717, 1.165) is 38.9 Å². The first-order valence-electron chi connectivity index (χ1n) is 11.8. The van der Waals surface area contributed by atoms with Gasteiger partial charge in [0.05, 0.1) is 18.5 Å². The lowest BCUT2D eigenvalue weighted by Crippen LogP contribution is -2.23. The standard InChI is InChI=1S/C31H24ClFN2O2/c1-37-30-5-3-2-4-22(30)18-27(31(36)35-25-13-10-23(32)11-14-25)21-8-6-20(7-9-21)26-16-17-34-29-15-12-24(33)19-28(26)29/h2-17,19,27H,18H2,1H3,(H,35,36). The van der Waals surface area contributed by atoms with Gasteiger partial charge in [0.25, 0.3) is 0 Å². The fourth-order valence-corrected chi connectivity index (χ4v) is 4.61. The summed E-state index contributed by atoms with van der Waals surface area (Å²) in [4.78, 5) is 17.9. The maximum Gasteiger partial charge on any atom is 0.232 e. The van der Waals surface area contributed by atoms with E-state index in [1.807, 2.05) is 54.6 Å². The Hall–Kier alpha value is -4.22. The zero-order chi connectivity index (χ0) is 25.8. The molecule has 0 saturated carbocycles. The fourth-order valence-electron chi connectivity index (χ4n) is 4.48. The van der Waals surface area contributed by atoms with Gasteiger partial charge in [-0.2, -0.15) is 0 Å². The van der Waals surface area contributed by atoms with Gasteiger partial charge in [-0.25, -0.2) is 4.39 Å². The summed E-state index contributed by atoms with van der Waals surface area (Å²) in [7, 11) is 1.62.